The number of hydrogen-bond donors (Lipinski definition) is 3. The molecule has 0 spiro atoms. The predicted octanol–water partition coefficient (Wildman–Crippen LogP) is 4.15. The molecule has 2 aromatic heterocycles. The Morgan fingerprint density at radius 2 is 1.86 bits per heavy atom. The number of rotatable bonds is 8. The number of aromatic nitrogens is 4. The third-order valence-electron chi connectivity index (χ3n) is 4.80. The van der Waals surface area contributed by atoms with Crippen molar-refractivity contribution in [3.63, 3.8) is 0 Å². The van der Waals surface area contributed by atoms with Gasteiger partial charge in [0, 0.05) is 23.2 Å². The minimum absolute atomic E-state index is 0.668. The van der Waals surface area contributed by atoms with E-state index in [9.17, 15) is 0 Å². The van der Waals surface area contributed by atoms with Crippen LogP contribution in [0.25, 0.3) is 21.5 Å². The van der Waals surface area contributed by atoms with Crippen LogP contribution in [0.1, 0.15) is 23.7 Å². The van der Waals surface area contributed by atoms with Gasteiger partial charge in [-0.1, -0.05) is 42.5 Å². The number of nitrogens with zero attached hydrogens (tertiary/aromatic N) is 3. The summed E-state index contributed by atoms with van der Waals surface area (Å²) >= 11 is 1.56. The minimum Gasteiger partial charge on any atom is -0.348 e. The van der Waals surface area contributed by atoms with Gasteiger partial charge < -0.3 is 5.32 Å². The Morgan fingerprint density at radius 3 is 2.68 bits per heavy atom. The zero-order chi connectivity index (χ0) is 19.3. The summed E-state index contributed by atoms with van der Waals surface area (Å²) in [5.41, 5.74) is 5.83. The van der Waals surface area contributed by atoms with Crippen molar-refractivity contribution in [3.05, 3.63) is 59.3 Å². The Kier molecular flexibility index (Phi) is 5.64. The number of nitrogens with one attached hydrogen (secondary N) is 3. The van der Waals surface area contributed by atoms with Crippen LogP contribution < -0.4 is 10.6 Å². The van der Waals surface area contributed by atoms with Gasteiger partial charge in [0.15, 0.2) is 0 Å². The number of anilines is 1. The van der Waals surface area contributed by atoms with Crippen molar-refractivity contribution in [2.24, 2.45) is 0 Å². The zero-order valence-corrected chi connectivity index (χ0v) is 16.9. The highest BCUT2D eigenvalue weighted by Crippen LogP contribution is 2.29. The van der Waals surface area contributed by atoms with Crippen molar-refractivity contribution in [2.75, 3.05) is 18.5 Å². The van der Waals surface area contributed by atoms with E-state index in [4.69, 9.17) is 0 Å². The van der Waals surface area contributed by atoms with Crippen LogP contribution in [0.5, 0.6) is 0 Å². The number of aryl methyl sites for hydroxylation is 2. The largest absolute Gasteiger partial charge is 0.348 e. The van der Waals surface area contributed by atoms with Gasteiger partial charge >= 0.3 is 0 Å². The van der Waals surface area contributed by atoms with E-state index in [1.807, 2.05) is 19.1 Å². The first-order valence-corrected chi connectivity index (χ1v) is 10.4. The Labute approximate surface area is 168 Å². The molecule has 0 aliphatic carbocycles. The normalized spacial score (nSPS) is 11.2. The molecule has 2 aromatic carbocycles. The smallest absolute Gasteiger partial charge is 0.207 e. The van der Waals surface area contributed by atoms with Gasteiger partial charge in [-0.15, -0.1) is 10.2 Å². The monoisotopic (exact) mass is 392 g/mol. The molecule has 0 atom stereocenters. The number of aromatic amines is 1. The molecule has 6 nitrogen and oxygen atoms in total. The molecule has 0 radical (unpaired) electrons. The van der Waals surface area contributed by atoms with Crippen LogP contribution in [0.4, 0.5) is 5.13 Å². The van der Waals surface area contributed by atoms with Crippen LogP contribution in [-0.4, -0.2) is 33.6 Å². The van der Waals surface area contributed by atoms with Gasteiger partial charge in [0.05, 0.1) is 12.2 Å². The molecule has 28 heavy (non-hydrogen) atoms. The SMILES string of the molecule is CCc1ccc(CCNCNc2nnc(-c3ccc4n[nH]c(C)c4c3)s2)cc1. The second-order valence-electron chi connectivity index (χ2n) is 6.77. The van der Waals surface area contributed by atoms with Crippen molar-refractivity contribution in [3.8, 4) is 10.6 Å². The van der Waals surface area contributed by atoms with Crippen LogP contribution in [-0.2, 0) is 12.8 Å². The van der Waals surface area contributed by atoms with Crippen molar-refractivity contribution in [1.29, 1.82) is 0 Å². The quantitative estimate of drug-likeness (QED) is 0.310. The average Bonchev–Trinajstić information content (AvgIpc) is 3.35. The summed E-state index contributed by atoms with van der Waals surface area (Å²) in [7, 11) is 0. The first-order valence-electron chi connectivity index (χ1n) is 9.54. The molecule has 3 N–H and O–H groups in total. The lowest BCUT2D eigenvalue weighted by Gasteiger charge is -2.06. The summed E-state index contributed by atoms with van der Waals surface area (Å²) < 4.78 is 0. The van der Waals surface area contributed by atoms with Gasteiger partial charge in [-0.3, -0.25) is 10.4 Å². The molecule has 4 rings (SSSR count). The van der Waals surface area contributed by atoms with E-state index in [0.29, 0.717) is 6.67 Å². The van der Waals surface area contributed by atoms with E-state index in [1.54, 1.807) is 11.3 Å². The van der Waals surface area contributed by atoms with Crippen LogP contribution >= 0.6 is 11.3 Å². The van der Waals surface area contributed by atoms with Crippen LogP contribution in [0, 0.1) is 6.92 Å². The average molecular weight is 393 g/mol. The Balaban J connectivity index is 1.27. The molecular formula is C21H24N6S. The summed E-state index contributed by atoms with van der Waals surface area (Å²) in [5.74, 6) is 0. The van der Waals surface area contributed by atoms with E-state index >= 15 is 0 Å². The highest BCUT2D eigenvalue weighted by Gasteiger charge is 2.09. The molecule has 0 fully saturated rings. The highest BCUT2D eigenvalue weighted by molar-refractivity contribution is 7.18. The molecule has 7 heteroatoms. The summed E-state index contributed by atoms with van der Waals surface area (Å²) in [6.07, 6.45) is 2.10. The fourth-order valence-corrected chi connectivity index (χ4v) is 3.82. The summed E-state index contributed by atoms with van der Waals surface area (Å²) in [4.78, 5) is 0. The van der Waals surface area contributed by atoms with E-state index in [2.05, 4.69) is 68.3 Å². The fourth-order valence-electron chi connectivity index (χ4n) is 3.08. The van der Waals surface area contributed by atoms with Crippen LogP contribution in [0.3, 0.4) is 0 Å². The lowest BCUT2D eigenvalue weighted by atomic mass is 10.1. The van der Waals surface area contributed by atoms with Crippen LogP contribution in [0.2, 0.25) is 0 Å². The molecule has 0 bridgehead atoms. The second-order valence-corrected chi connectivity index (χ2v) is 7.74. The Morgan fingerprint density at radius 1 is 1.04 bits per heavy atom. The van der Waals surface area contributed by atoms with Crippen molar-refractivity contribution >= 4 is 27.4 Å². The molecule has 0 amide bonds. The second kappa shape index (κ2) is 8.50. The van der Waals surface area contributed by atoms with Crippen LogP contribution in [0.15, 0.2) is 42.5 Å². The van der Waals surface area contributed by atoms with Crippen molar-refractivity contribution in [2.45, 2.75) is 26.7 Å². The van der Waals surface area contributed by atoms with Gasteiger partial charge in [0.25, 0.3) is 0 Å². The standard InChI is InChI=1S/C21H24N6S/c1-3-15-4-6-16(7-5-15)10-11-22-13-23-21-27-26-20(28-21)17-8-9-19-18(12-17)14(2)24-25-19/h4-9,12,22H,3,10-11,13H2,1-2H3,(H,23,27)(H,24,25). The number of hydrogen-bond acceptors (Lipinski definition) is 6. The molecule has 0 aliphatic rings. The summed E-state index contributed by atoms with van der Waals surface area (Å²) in [5, 5.41) is 25.4. The molecule has 0 saturated carbocycles. The summed E-state index contributed by atoms with van der Waals surface area (Å²) in [6, 6.07) is 15.0. The Bertz CT molecular complexity index is 1050. The predicted molar refractivity (Wildman–Crippen MR) is 116 cm³/mol. The van der Waals surface area contributed by atoms with Gasteiger partial charge in [-0.25, -0.2) is 0 Å². The molecule has 144 valence electrons. The molecule has 4 aromatic rings. The highest BCUT2D eigenvalue weighted by atomic mass is 32.1. The van der Waals surface area contributed by atoms with Crippen molar-refractivity contribution in [1.82, 2.24) is 25.7 Å². The van der Waals surface area contributed by atoms with Gasteiger partial charge in [0.1, 0.15) is 5.01 Å². The molecule has 2 heterocycles. The topological polar surface area (TPSA) is 78.5 Å². The maximum Gasteiger partial charge on any atom is 0.207 e. The summed E-state index contributed by atoms with van der Waals surface area (Å²) in [6.45, 7) is 5.79. The molecular weight excluding hydrogens is 368 g/mol. The molecule has 0 aliphatic heterocycles. The number of benzene rings is 2. The first-order chi connectivity index (χ1) is 13.7. The van der Waals surface area contributed by atoms with Gasteiger partial charge in [-0.2, -0.15) is 5.10 Å². The van der Waals surface area contributed by atoms with E-state index in [0.717, 1.165) is 51.7 Å². The van der Waals surface area contributed by atoms with Crippen molar-refractivity contribution < 1.29 is 0 Å². The minimum atomic E-state index is 0.668. The van der Waals surface area contributed by atoms with E-state index in [-0.39, 0.29) is 0 Å². The van der Waals surface area contributed by atoms with E-state index in [1.165, 1.54) is 11.1 Å². The third kappa shape index (κ3) is 4.21. The maximum absolute atomic E-state index is 4.32. The van der Waals surface area contributed by atoms with E-state index < -0.39 is 0 Å². The third-order valence-corrected chi connectivity index (χ3v) is 5.73. The van der Waals surface area contributed by atoms with Gasteiger partial charge in [-0.05, 0) is 49.1 Å². The lowest BCUT2D eigenvalue weighted by molar-refractivity contribution is 0.722. The molecule has 0 saturated heterocycles. The molecule has 0 unspecified atom stereocenters. The fraction of sp³-hybridized carbons (Fsp3) is 0.286. The van der Waals surface area contributed by atoms with Gasteiger partial charge in [0.2, 0.25) is 5.13 Å². The zero-order valence-electron chi connectivity index (χ0n) is 16.1. The Hall–Kier alpha value is -2.77. The number of H-pyrrole nitrogens is 1. The maximum atomic E-state index is 4.32. The first kappa shape index (κ1) is 18.6. The lowest BCUT2D eigenvalue weighted by Crippen LogP contribution is -2.24. The number of fused-ring (bicyclic) bond motifs is 1.